The van der Waals surface area contributed by atoms with Crippen molar-refractivity contribution in [1.29, 1.82) is 0 Å². The van der Waals surface area contributed by atoms with E-state index in [2.05, 4.69) is 32.6 Å². The Morgan fingerprint density at radius 3 is 2.58 bits per heavy atom. The van der Waals surface area contributed by atoms with E-state index in [1.807, 2.05) is 18.2 Å². The fraction of sp³-hybridized carbons (Fsp3) is 0.429. The van der Waals surface area contributed by atoms with E-state index in [1.54, 1.807) is 38.5 Å². The van der Waals surface area contributed by atoms with Crippen LogP contribution in [0.5, 0.6) is 11.5 Å². The van der Waals surface area contributed by atoms with Gasteiger partial charge >= 0.3 is 0 Å². The van der Waals surface area contributed by atoms with E-state index >= 15 is 0 Å². The van der Waals surface area contributed by atoms with Crippen LogP contribution in [-0.4, -0.2) is 60.7 Å². The molecular weight excluding hydrogens is 486 g/mol. The molecule has 2 amide bonds. The van der Waals surface area contributed by atoms with Crippen LogP contribution >= 0.6 is 0 Å². The van der Waals surface area contributed by atoms with Gasteiger partial charge in [-0.3, -0.25) is 14.5 Å². The molecule has 2 N–H and O–H groups in total. The fourth-order valence-corrected chi connectivity index (χ4v) is 4.46. The quantitative estimate of drug-likeness (QED) is 0.362. The number of hydrogen-bond acceptors (Lipinski definition) is 8. The van der Waals surface area contributed by atoms with Crippen molar-refractivity contribution in [2.45, 2.75) is 39.2 Å². The maximum absolute atomic E-state index is 13.0. The van der Waals surface area contributed by atoms with Crippen LogP contribution in [0.3, 0.4) is 0 Å². The number of ether oxygens (including phenoxy) is 2. The number of aromatic nitrogens is 2. The van der Waals surface area contributed by atoms with Gasteiger partial charge in [-0.05, 0) is 62.7 Å². The van der Waals surface area contributed by atoms with Crippen molar-refractivity contribution in [3.05, 3.63) is 53.9 Å². The van der Waals surface area contributed by atoms with Gasteiger partial charge in [-0.2, -0.15) is 4.98 Å². The van der Waals surface area contributed by atoms with E-state index in [9.17, 15) is 9.59 Å². The first-order valence-electron chi connectivity index (χ1n) is 13.0. The normalized spacial score (nSPS) is 14.2. The van der Waals surface area contributed by atoms with Gasteiger partial charge in [0, 0.05) is 18.0 Å². The summed E-state index contributed by atoms with van der Waals surface area (Å²) in [7, 11) is 3.17. The first kappa shape index (κ1) is 27.1. The minimum Gasteiger partial charge on any atom is -0.493 e. The number of carbonyl (C=O) groups excluding carboxylic acids is 2. The lowest BCUT2D eigenvalue weighted by molar-refractivity contribution is -0.121. The molecule has 202 valence electrons. The molecule has 0 aliphatic carbocycles. The van der Waals surface area contributed by atoms with E-state index < -0.39 is 0 Å². The standard InChI is InChI=1S/C28H35N5O5/c1-4-5-14-29-28(35)21-8-6-7-9-22(21)30-27(34)19-12-15-33(16-13-19)18-25-31-26(32-38-25)20-10-11-23(36-2)24(17-20)37-3/h6-11,17,19H,4-5,12-16,18H2,1-3H3,(H,29,35)(H,30,34). The van der Waals surface area contributed by atoms with E-state index in [0.717, 1.165) is 31.5 Å². The second kappa shape index (κ2) is 13.0. The SMILES string of the molecule is CCCCNC(=O)c1ccccc1NC(=O)C1CCN(Cc2nc(-c3ccc(OC)c(OC)c3)no2)CC1. The molecule has 0 unspecified atom stereocenters. The third-order valence-electron chi connectivity index (χ3n) is 6.67. The Balaban J connectivity index is 1.30. The predicted molar refractivity (Wildman–Crippen MR) is 143 cm³/mol. The highest BCUT2D eigenvalue weighted by Crippen LogP contribution is 2.31. The summed E-state index contributed by atoms with van der Waals surface area (Å²) in [6.45, 7) is 4.66. The van der Waals surface area contributed by atoms with Crippen LogP contribution in [0.15, 0.2) is 47.0 Å². The number of amides is 2. The summed E-state index contributed by atoms with van der Waals surface area (Å²) >= 11 is 0. The lowest BCUT2D eigenvalue weighted by Crippen LogP contribution is -2.38. The number of nitrogens with zero attached hydrogens (tertiary/aromatic N) is 3. The number of para-hydroxylation sites is 1. The third-order valence-corrected chi connectivity index (χ3v) is 6.67. The number of benzene rings is 2. The average Bonchev–Trinajstić information content (AvgIpc) is 3.41. The summed E-state index contributed by atoms with van der Waals surface area (Å²) in [5, 5.41) is 10.0. The second-order valence-electron chi connectivity index (χ2n) is 9.28. The first-order chi connectivity index (χ1) is 18.5. The molecule has 0 spiro atoms. The van der Waals surface area contributed by atoms with Gasteiger partial charge in [-0.1, -0.05) is 30.6 Å². The van der Waals surface area contributed by atoms with Crippen molar-refractivity contribution < 1.29 is 23.6 Å². The second-order valence-corrected chi connectivity index (χ2v) is 9.28. The number of carbonyl (C=O) groups is 2. The molecule has 10 heteroatoms. The Kier molecular flexibility index (Phi) is 9.31. The van der Waals surface area contributed by atoms with E-state index in [0.29, 0.717) is 60.4 Å². The molecule has 10 nitrogen and oxygen atoms in total. The van der Waals surface area contributed by atoms with Gasteiger partial charge < -0.3 is 24.6 Å². The van der Waals surface area contributed by atoms with Crippen LogP contribution in [0.4, 0.5) is 5.69 Å². The average molecular weight is 522 g/mol. The number of likely N-dealkylation sites (tertiary alicyclic amines) is 1. The van der Waals surface area contributed by atoms with Crippen LogP contribution in [0.25, 0.3) is 11.4 Å². The Morgan fingerprint density at radius 1 is 1.08 bits per heavy atom. The molecular formula is C28H35N5O5. The molecule has 38 heavy (non-hydrogen) atoms. The topological polar surface area (TPSA) is 119 Å². The maximum Gasteiger partial charge on any atom is 0.253 e. The van der Waals surface area contributed by atoms with Crippen LogP contribution in [0.1, 0.15) is 48.9 Å². The van der Waals surface area contributed by atoms with Crippen molar-refractivity contribution in [3.8, 4) is 22.9 Å². The third kappa shape index (κ3) is 6.69. The van der Waals surface area contributed by atoms with Gasteiger partial charge in [0.25, 0.3) is 5.91 Å². The minimum absolute atomic E-state index is 0.0630. The van der Waals surface area contributed by atoms with Crippen LogP contribution in [0, 0.1) is 5.92 Å². The van der Waals surface area contributed by atoms with Crippen molar-refractivity contribution in [3.63, 3.8) is 0 Å². The molecule has 2 aromatic carbocycles. The monoisotopic (exact) mass is 521 g/mol. The number of rotatable bonds is 11. The zero-order valence-corrected chi connectivity index (χ0v) is 22.2. The minimum atomic E-state index is -0.170. The summed E-state index contributed by atoms with van der Waals surface area (Å²) in [6, 6.07) is 12.6. The molecule has 0 atom stereocenters. The summed E-state index contributed by atoms with van der Waals surface area (Å²) < 4.78 is 16.1. The number of piperidine rings is 1. The smallest absolute Gasteiger partial charge is 0.253 e. The predicted octanol–water partition coefficient (Wildman–Crippen LogP) is 4.13. The summed E-state index contributed by atoms with van der Waals surface area (Å²) in [5.41, 5.74) is 1.80. The van der Waals surface area contributed by atoms with E-state index in [-0.39, 0.29) is 17.7 Å². The summed E-state index contributed by atoms with van der Waals surface area (Å²) in [5.74, 6) is 1.85. The van der Waals surface area contributed by atoms with E-state index in [1.165, 1.54) is 0 Å². The number of unbranched alkanes of at least 4 members (excludes halogenated alkanes) is 1. The molecule has 1 saturated heterocycles. The van der Waals surface area contributed by atoms with Gasteiger partial charge in [-0.15, -0.1) is 0 Å². The van der Waals surface area contributed by atoms with Gasteiger partial charge in [0.15, 0.2) is 11.5 Å². The number of nitrogens with one attached hydrogen (secondary N) is 2. The van der Waals surface area contributed by atoms with Crippen molar-refractivity contribution in [2.75, 3.05) is 39.2 Å². The molecule has 1 aliphatic heterocycles. The molecule has 3 aromatic rings. The Bertz CT molecular complexity index is 1240. The number of methoxy groups -OCH3 is 2. The highest BCUT2D eigenvalue weighted by atomic mass is 16.5. The molecule has 0 bridgehead atoms. The number of hydrogen-bond donors (Lipinski definition) is 2. The zero-order valence-electron chi connectivity index (χ0n) is 22.2. The van der Waals surface area contributed by atoms with E-state index in [4.69, 9.17) is 14.0 Å². The molecule has 0 saturated carbocycles. The largest absolute Gasteiger partial charge is 0.493 e. The molecule has 0 radical (unpaired) electrons. The summed E-state index contributed by atoms with van der Waals surface area (Å²) in [6.07, 6.45) is 3.32. The highest BCUT2D eigenvalue weighted by Gasteiger charge is 2.27. The van der Waals surface area contributed by atoms with Crippen LogP contribution in [-0.2, 0) is 11.3 Å². The number of anilines is 1. The van der Waals surface area contributed by atoms with Gasteiger partial charge in [0.2, 0.25) is 17.6 Å². The maximum atomic E-state index is 13.0. The Morgan fingerprint density at radius 2 is 1.84 bits per heavy atom. The van der Waals surface area contributed by atoms with Crippen LogP contribution < -0.4 is 20.1 Å². The zero-order chi connectivity index (χ0) is 26.9. The van der Waals surface area contributed by atoms with Crippen LogP contribution in [0.2, 0.25) is 0 Å². The lowest BCUT2D eigenvalue weighted by atomic mass is 9.95. The molecule has 4 rings (SSSR count). The molecule has 1 aromatic heterocycles. The van der Waals surface area contributed by atoms with Gasteiger partial charge in [-0.25, -0.2) is 0 Å². The van der Waals surface area contributed by atoms with Crippen molar-refractivity contribution in [2.24, 2.45) is 5.92 Å². The van der Waals surface area contributed by atoms with Gasteiger partial charge in [0.1, 0.15) is 0 Å². The Labute approximate surface area is 222 Å². The molecule has 1 aliphatic rings. The molecule has 2 heterocycles. The molecule has 1 fully saturated rings. The lowest BCUT2D eigenvalue weighted by Gasteiger charge is -2.30. The van der Waals surface area contributed by atoms with Crippen molar-refractivity contribution >= 4 is 17.5 Å². The fourth-order valence-electron chi connectivity index (χ4n) is 4.46. The van der Waals surface area contributed by atoms with Crippen molar-refractivity contribution in [1.82, 2.24) is 20.4 Å². The highest BCUT2D eigenvalue weighted by molar-refractivity contribution is 6.04. The first-order valence-corrected chi connectivity index (χ1v) is 13.0. The Hall–Kier alpha value is -3.92. The summed E-state index contributed by atoms with van der Waals surface area (Å²) in [4.78, 5) is 32.3. The van der Waals surface area contributed by atoms with Gasteiger partial charge in [0.05, 0.1) is 32.0 Å².